The highest BCUT2D eigenvalue weighted by Gasteiger charge is 2.36. The molecule has 0 spiro atoms. The van der Waals surface area contributed by atoms with E-state index >= 15 is 0 Å². The highest BCUT2D eigenvalue weighted by atomic mass is 32.2. The Bertz CT molecular complexity index is 1330. The molecule has 1 amide bonds. The minimum absolute atomic E-state index is 0.187. The van der Waals surface area contributed by atoms with Crippen molar-refractivity contribution in [3.05, 3.63) is 81.1 Å². The normalized spacial score (nSPS) is 19.2. The van der Waals surface area contributed by atoms with Gasteiger partial charge in [-0.2, -0.15) is 0 Å². The van der Waals surface area contributed by atoms with Crippen LogP contribution in [0.1, 0.15) is 56.2 Å². The number of thioether (sulfide) groups is 1. The third kappa shape index (κ3) is 4.40. The van der Waals surface area contributed by atoms with Gasteiger partial charge in [0.05, 0.1) is 16.5 Å². The van der Waals surface area contributed by atoms with E-state index in [0.29, 0.717) is 26.3 Å². The smallest absolute Gasteiger partial charge is 0.267 e. The maximum atomic E-state index is 13.5. The molecule has 174 valence electrons. The highest BCUT2D eigenvalue weighted by Crippen LogP contribution is 2.38. The van der Waals surface area contributed by atoms with Gasteiger partial charge in [0.15, 0.2) is 0 Å². The Hall–Kier alpha value is -2.97. The third-order valence-corrected chi connectivity index (χ3v) is 7.81. The molecule has 2 fully saturated rings. The predicted octanol–water partition coefficient (Wildman–Crippen LogP) is 5.40. The first-order chi connectivity index (χ1) is 16.5. The molecule has 8 heteroatoms. The summed E-state index contributed by atoms with van der Waals surface area (Å²) in [5, 5.41) is 3.51. The fraction of sp³-hybridized carbons (Fsp3) is 0.308. The summed E-state index contributed by atoms with van der Waals surface area (Å²) in [5.74, 6) is 0.344. The first kappa shape index (κ1) is 22.8. The van der Waals surface area contributed by atoms with E-state index in [2.05, 4.69) is 5.32 Å². The van der Waals surface area contributed by atoms with Crippen LogP contribution in [0, 0.1) is 0 Å². The van der Waals surface area contributed by atoms with Crippen molar-refractivity contribution in [3.8, 4) is 0 Å². The van der Waals surface area contributed by atoms with Crippen LogP contribution in [0.5, 0.6) is 0 Å². The number of amides is 1. The Morgan fingerprint density at radius 1 is 1.09 bits per heavy atom. The Morgan fingerprint density at radius 3 is 2.59 bits per heavy atom. The zero-order chi connectivity index (χ0) is 23.7. The van der Waals surface area contributed by atoms with Crippen LogP contribution in [0.3, 0.4) is 0 Å². The fourth-order valence-electron chi connectivity index (χ4n) is 4.61. The van der Waals surface area contributed by atoms with E-state index in [1.807, 2.05) is 49.4 Å². The molecular weight excluding hydrogens is 464 g/mol. The number of pyridine rings is 1. The van der Waals surface area contributed by atoms with E-state index in [9.17, 15) is 9.59 Å². The van der Waals surface area contributed by atoms with Crippen molar-refractivity contribution in [2.24, 2.45) is 0 Å². The van der Waals surface area contributed by atoms with Crippen molar-refractivity contribution in [2.75, 3.05) is 5.32 Å². The Labute approximate surface area is 208 Å². The van der Waals surface area contributed by atoms with Gasteiger partial charge < -0.3 is 5.32 Å². The summed E-state index contributed by atoms with van der Waals surface area (Å²) in [7, 11) is 0. The number of aromatic nitrogens is 2. The number of anilines is 1. The summed E-state index contributed by atoms with van der Waals surface area (Å²) in [6, 6.07) is 15.4. The van der Waals surface area contributed by atoms with Crippen molar-refractivity contribution in [3.63, 3.8) is 0 Å². The van der Waals surface area contributed by atoms with Crippen LogP contribution in [0.25, 0.3) is 11.7 Å². The molecule has 1 N–H and O–H groups in total. The second-order valence-corrected chi connectivity index (χ2v) is 10.4. The van der Waals surface area contributed by atoms with E-state index < -0.39 is 0 Å². The lowest BCUT2D eigenvalue weighted by atomic mass is 9.95. The van der Waals surface area contributed by atoms with Crippen molar-refractivity contribution >= 4 is 51.7 Å². The molecule has 0 bridgehead atoms. The minimum Gasteiger partial charge on any atom is -0.367 e. The zero-order valence-corrected chi connectivity index (χ0v) is 20.6. The molecule has 0 radical (unpaired) electrons. The molecule has 1 atom stereocenters. The zero-order valence-electron chi connectivity index (χ0n) is 18.9. The molecule has 6 nitrogen and oxygen atoms in total. The van der Waals surface area contributed by atoms with Gasteiger partial charge in [-0.05, 0) is 43.5 Å². The standard InChI is InChI=1S/C26H26N4O2S2/c1-17(18-10-4-2-5-11-18)30-25(32)21(34-26(30)33)16-20-23(27-19-12-6-3-7-13-19)28-22-14-8-9-15-29(22)24(20)31/h2,4-5,8-11,14-17,19,27H,3,6-7,12-13H2,1H3/b21-16+. The number of fused-ring (bicyclic) bond motifs is 1. The maximum absolute atomic E-state index is 13.5. The quantitative estimate of drug-likeness (QED) is 0.382. The number of carbonyl (C=O) groups excluding carboxylic acids is 1. The van der Waals surface area contributed by atoms with Crippen molar-refractivity contribution < 1.29 is 4.79 Å². The lowest BCUT2D eigenvalue weighted by Gasteiger charge is -2.24. The molecule has 1 saturated heterocycles. The topological polar surface area (TPSA) is 66.7 Å². The molecule has 1 aliphatic carbocycles. The van der Waals surface area contributed by atoms with Crippen LogP contribution < -0.4 is 10.9 Å². The van der Waals surface area contributed by atoms with Gasteiger partial charge in [0.1, 0.15) is 15.8 Å². The Balaban J connectivity index is 1.54. The van der Waals surface area contributed by atoms with Crippen LogP contribution in [0.15, 0.2) is 64.4 Å². The Kier molecular flexibility index (Phi) is 6.52. The van der Waals surface area contributed by atoms with Gasteiger partial charge in [-0.25, -0.2) is 4.98 Å². The molecule has 3 heterocycles. The van der Waals surface area contributed by atoms with Gasteiger partial charge in [0.25, 0.3) is 11.5 Å². The number of hydrogen-bond acceptors (Lipinski definition) is 6. The molecule has 1 aliphatic heterocycles. The fourth-order valence-corrected chi connectivity index (χ4v) is 6.01. The number of rotatable bonds is 5. The Morgan fingerprint density at radius 2 is 1.82 bits per heavy atom. The molecule has 2 aromatic heterocycles. The van der Waals surface area contributed by atoms with E-state index in [1.165, 1.54) is 22.6 Å². The summed E-state index contributed by atoms with van der Waals surface area (Å²) in [5.41, 5.74) is 1.77. The van der Waals surface area contributed by atoms with E-state index in [0.717, 1.165) is 31.2 Å². The predicted molar refractivity (Wildman–Crippen MR) is 142 cm³/mol. The van der Waals surface area contributed by atoms with Crippen LogP contribution in [-0.2, 0) is 4.79 Å². The average molecular weight is 491 g/mol. The molecule has 2 aliphatic rings. The third-order valence-electron chi connectivity index (χ3n) is 6.48. The SMILES string of the molecule is CC(c1ccccc1)N1C(=O)/C(=C\c2c(NC3CCCCC3)nc3ccccn3c2=O)SC1=S. The van der Waals surface area contributed by atoms with Crippen LogP contribution >= 0.6 is 24.0 Å². The molecular formula is C26H26N4O2S2. The first-order valence-electron chi connectivity index (χ1n) is 11.6. The van der Waals surface area contributed by atoms with Crippen LogP contribution in [0.2, 0.25) is 0 Å². The van der Waals surface area contributed by atoms with Gasteiger partial charge in [0, 0.05) is 12.2 Å². The average Bonchev–Trinajstić information content (AvgIpc) is 3.14. The molecule has 3 aromatic rings. The second-order valence-electron chi connectivity index (χ2n) is 8.73. The summed E-state index contributed by atoms with van der Waals surface area (Å²) in [6.45, 7) is 1.96. The number of carbonyl (C=O) groups is 1. The summed E-state index contributed by atoms with van der Waals surface area (Å²) in [6.07, 6.45) is 9.02. The molecule has 5 rings (SSSR count). The number of thiocarbonyl (C=S) groups is 1. The summed E-state index contributed by atoms with van der Waals surface area (Å²) >= 11 is 6.81. The molecule has 34 heavy (non-hydrogen) atoms. The van der Waals surface area contributed by atoms with E-state index in [4.69, 9.17) is 17.2 Å². The van der Waals surface area contributed by atoms with E-state index in [-0.39, 0.29) is 23.6 Å². The monoisotopic (exact) mass is 490 g/mol. The van der Waals surface area contributed by atoms with E-state index in [1.54, 1.807) is 23.2 Å². The van der Waals surface area contributed by atoms with Gasteiger partial charge in [-0.1, -0.05) is 79.6 Å². The van der Waals surface area contributed by atoms with Gasteiger partial charge in [-0.3, -0.25) is 18.9 Å². The maximum Gasteiger partial charge on any atom is 0.267 e. The van der Waals surface area contributed by atoms with Crippen molar-refractivity contribution in [1.29, 1.82) is 0 Å². The largest absolute Gasteiger partial charge is 0.367 e. The number of benzene rings is 1. The van der Waals surface area contributed by atoms with Crippen molar-refractivity contribution in [2.45, 2.75) is 51.1 Å². The highest BCUT2D eigenvalue weighted by molar-refractivity contribution is 8.26. The van der Waals surface area contributed by atoms with Gasteiger partial charge in [-0.15, -0.1) is 0 Å². The lowest BCUT2D eigenvalue weighted by molar-refractivity contribution is -0.123. The second kappa shape index (κ2) is 9.72. The molecule has 1 unspecified atom stereocenters. The van der Waals surface area contributed by atoms with Crippen LogP contribution in [0.4, 0.5) is 5.82 Å². The summed E-state index contributed by atoms with van der Waals surface area (Å²) < 4.78 is 2.01. The van der Waals surface area contributed by atoms with Gasteiger partial charge >= 0.3 is 0 Å². The van der Waals surface area contributed by atoms with Crippen LogP contribution in [-0.4, -0.2) is 30.6 Å². The van der Waals surface area contributed by atoms with Crippen molar-refractivity contribution in [1.82, 2.24) is 14.3 Å². The first-order valence-corrected chi connectivity index (χ1v) is 12.9. The minimum atomic E-state index is -0.203. The lowest BCUT2D eigenvalue weighted by Crippen LogP contribution is -2.31. The van der Waals surface area contributed by atoms with Gasteiger partial charge in [0.2, 0.25) is 0 Å². The number of hydrogen-bond donors (Lipinski definition) is 1. The number of nitrogens with zero attached hydrogens (tertiary/aromatic N) is 3. The molecule has 1 saturated carbocycles. The summed E-state index contributed by atoms with van der Waals surface area (Å²) in [4.78, 5) is 33.7. The molecule has 1 aromatic carbocycles. The number of nitrogens with one attached hydrogen (secondary N) is 1.